The minimum atomic E-state index is -1.14. The summed E-state index contributed by atoms with van der Waals surface area (Å²) in [5.74, 6) is -2.39. The number of aryl methyl sites for hydroxylation is 2. The highest BCUT2D eigenvalue weighted by Gasteiger charge is 2.25. The molecule has 3 nitrogen and oxygen atoms in total. The molecular formula is C20H23F2NO2S. The highest BCUT2D eigenvalue weighted by atomic mass is 32.2. The Hall–Kier alpha value is -1.92. The summed E-state index contributed by atoms with van der Waals surface area (Å²) >= 11 is 1.14. The standard InChI is InChI=1S/C20H23F2NO2S/c1-3-12-8-9-14(10-13(12)4-2)19(26-11-17(23)20(24)25)18-15(21)6-5-7-16(18)22/h5-10,17,19H,3-4,11,23H2,1-2H3,(H,24,25). The Balaban J connectivity index is 2.48. The fourth-order valence-corrected chi connectivity index (χ4v) is 4.13. The molecule has 140 valence electrons. The van der Waals surface area contributed by atoms with Crippen molar-refractivity contribution in [2.75, 3.05) is 5.75 Å². The molecule has 0 aromatic heterocycles. The number of rotatable bonds is 8. The second kappa shape index (κ2) is 9.14. The molecule has 0 fully saturated rings. The number of benzene rings is 2. The van der Waals surface area contributed by atoms with Crippen LogP contribution in [0, 0.1) is 11.6 Å². The fraction of sp³-hybridized carbons (Fsp3) is 0.350. The molecule has 2 aromatic carbocycles. The quantitative estimate of drug-likeness (QED) is 0.717. The van der Waals surface area contributed by atoms with Crippen LogP contribution in [-0.4, -0.2) is 22.9 Å². The van der Waals surface area contributed by atoms with Crippen LogP contribution in [0.15, 0.2) is 36.4 Å². The minimum Gasteiger partial charge on any atom is -0.480 e. The van der Waals surface area contributed by atoms with Gasteiger partial charge in [-0.1, -0.05) is 38.1 Å². The van der Waals surface area contributed by atoms with Crippen molar-refractivity contribution in [3.63, 3.8) is 0 Å². The van der Waals surface area contributed by atoms with Crippen LogP contribution < -0.4 is 5.73 Å². The molecule has 3 N–H and O–H groups in total. The van der Waals surface area contributed by atoms with Crippen LogP contribution in [0.3, 0.4) is 0 Å². The summed E-state index contributed by atoms with van der Waals surface area (Å²) in [5.41, 5.74) is 8.58. The number of nitrogens with two attached hydrogens (primary N) is 1. The Morgan fingerprint density at radius 2 is 1.73 bits per heavy atom. The van der Waals surface area contributed by atoms with E-state index in [1.165, 1.54) is 23.8 Å². The molecule has 2 unspecified atom stereocenters. The van der Waals surface area contributed by atoms with E-state index in [-0.39, 0.29) is 11.3 Å². The lowest BCUT2D eigenvalue weighted by molar-refractivity contribution is -0.137. The maximum atomic E-state index is 14.4. The van der Waals surface area contributed by atoms with E-state index in [1.54, 1.807) is 0 Å². The molecule has 2 atom stereocenters. The summed E-state index contributed by atoms with van der Waals surface area (Å²) in [7, 11) is 0. The third-order valence-electron chi connectivity index (χ3n) is 4.32. The maximum Gasteiger partial charge on any atom is 0.321 e. The van der Waals surface area contributed by atoms with Gasteiger partial charge >= 0.3 is 5.97 Å². The third-order valence-corrected chi connectivity index (χ3v) is 5.71. The fourth-order valence-electron chi connectivity index (χ4n) is 2.86. The van der Waals surface area contributed by atoms with Gasteiger partial charge in [0.1, 0.15) is 17.7 Å². The van der Waals surface area contributed by atoms with E-state index in [4.69, 9.17) is 10.8 Å². The Morgan fingerprint density at radius 3 is 2.27 bits per heavy atom. The molecule has 2 aromatic rings. The molecule has 0 spiro atoms. The topological polar surface area (TPSA) is 63.3 Å². The van der Waals surface area contributed by atoms with Gasteiger partial charge in [-0.25, -0.2) is 8.78 Å². The maximum absolute atomic E-state index is 14.4. The normalized spacial score (nSPS) is 13.4. The Bertz CT molecular complexity index is 762. The first-order chi connectivity index (χ1) is 12.4. The zero-order chi connectivity index (χ0) is 19.3. The number of carboxylic acids is 1. The summed E-state index contributed by atoms with van der Waals surface area (Å²) in [6.07, 6.45) is 1.68. The van der Waals surface area contributed by atoms with Crippen molar-refractivity contribution >= 4 is 17.7 Å². The van der Waals surface area contributed by atoms with Crippen molar-refractivity contribution in [1.82, 2.24) is 0 Å². The number of aliphatic carboxylic acids is 1. The van der Waals surface area contributed by atoms with Crippen molar-refractivity contribution < 1.29 is 18.7 Å². The van der Waals surface area contributed by atoms with Gasteiger partial charge in [0, 0.05) is 11.3 Å². The van der Waals surface area contributed by atoms with Crippen LogP contribution in [0.2, 0.25) is 0 Å². The van der Waals surface area contributed by atoms with Crippen molar-refractivity contribution in [2.45, 2.75) is 38.0 Å². The second-order valence-corrected chi connectivity index (χ2v) is 7.17. The van der Waals surface area contributed by atoms with E-state index < -0.39 is 28.9 Å². The lowest BCUT2D eigenvalue weighted by Crippen LogP contribution is -2.32. The number of hydrogen-bond donors (Lipinski definition) is 2. The smallest absolute Gasteiger partial charge is 0.321 e. The summed E-state index contributed by atoms with van der Waals surface area (Å²) in [6, 6.07) is 8.42. The van der Waals surface area contributed by atoms with Crippen LogP contribution in [0.1, 0.15) is 41.4 Å². The zero-order valence-corrected chi connectivity index (χ0v) is 15.7. The molecule has 26 heavy (non-hydrogen) atoms. The number of carbonyl (C=O) groups is 1. The molecule has 0 bridgehead atoms. The lowest BCUT2D eigenvalue weighted by Gasteiger charge is -2.21. The van der Waals surface area contributed by atoms with E-state index in [0.717, 1.165) is 35.7 Å². The monoisotopic (exact) mass is 379 g/mol. The van der Waals surface area contributed by atoms with Crippen LogP contribution in [0.4, 0.5) is 8.78 Å². The van der Waals surface area contributed by atoms with E-state index in [2.05, 4.69) is 6.92 Å². The van der Waals surface area contributed by atoms with E-state index >= 15 is 0 Å². The van der Waals surface area contributed by atoms with Crippen LogP contribution in [0.25, 0.3) is 0 Å². The number of halogens is 2. The Kier molecular flexibility index (Phi) is 7.17. The molecule has 0 aliphatic rings. The minimum absolute atomic E-state index is 0.0464. The molecule has 6 heteroatoms. The predicted molar refractivity (Wildman–Crippen MR) is 101 cm³/mol. The Morgan fingerprint density at radius 1 is 1.12 bits per heavy atom. The number of thioether (sulfide) groups is 1. The van der Waals surface area contributed by atoms with Gasteiger partial charge in [-0.15, -0.1) is 11.8 Å². The molecule has 0 amide bonds. The molecule has 0 aliphatic heterocycles. The van der Waals surface area contributed by atoms with Gasteiger partial charge in [0.05, 0.1) is 5.25 Å². The van der Waals surface area contributed by atoms with E-state index in [9.17, 15) is 13.6 Å². The van der Waals surface area contributed by atoms with Crippen molar-refractivity contribution in [3.8, 4) is 0 Å². The summed E-state index contributed by atoms with van der Waals surface area (Å²) < 4.78 is 28.8. The van der Waals surface area contributed by atoms with Gasteiger partial charge in [-0.2, -0.15) is 0 Å². The van der Waals surface area contributed by atoms with Gasteiger partial charge in [0.15, 0.2) is 0 Å². The number of carboxylic acid groups (broad SMARTS) is 1. The van der Waals surface area contributed by atoms with Gasteiger partial charge < -0.3 is 10.8 Å². The zero-order valence-electron chi connectivity index (χ0n) is 14.8. The predicted octanol–water partition coefficient (Wildman–Crippen LogP) is 4.32. The molecule has 0 heterocycles. The van der Waals surface area contributed by atoms with Crippen LogP contribution in [0.5, 0.6) is 0 Å². The van der Waals surface area contributed by atoms with Crippen LogP contribution >= 0.6 is 11.8 Å². The molecule has 2 rings (SSSR count). The van der Waals surface area contributed by atoms with Crippen molar-refractivity contribution in [2.24, 2.45) is 5.73 Å². The second-order valence-electron chi connectivity index (χ2n) is 6.03. The molecule has 0 aliphatic carbocycles. The Labute approximate surface area is 156 Å². The van der Waals surface area contributed by atoms with Gasteiger partial charge in [0.25, 0.3) is 0 Å². The molecule has 0 saturated carbocycles. The highest BCUT2D eigenvalue weighted by molar-refractivity contribution is 7.99. The first kappa shape index (κ1) is 20.4. The highest BCUT2D eigenvalue weighted by Crippen LogP contribution is 2.39. The van der Waals surface area contributed by atoms with Gasteiger partial charge in [-0.05, 0) is 41.7 Å². The van der Waals surface area contributed by atoms with Gasteiger partial charge in [-0.3, -0.25) is 4.79 Å². The third kappa shape index (κ3) is 4.62. The van der Waals surface area contributed by atoms with E-state index in [1.807, 2.05) is 25.1 Å². The first-order valence-corrected chi connectivity index (χ1v) is 9.59. The summed E-state index contributed by atoms with van der Waals surface area (Å²) in [4.78, 5) is 11.0. The average Bonchev–Trinajstić information content (AvgIpc) is 2.63. The SMILES string of the molecule is CCc1ccc(C(SCC(N)C(=O)O)c2c(F)cccc2F)cc1CC. The van der Waals surface area contributed by atoms with Crippen LogP contribution in [-0.2, 0) is 17.6 Å². The lowest BCUT2D eigenvalue weighted by atomic mass is 9.96. The number of hydrogen-bond acceptors (Lipinski definition) is 3. The average molecular weight is 379 g/mol. The summed E-state index contributed by atoms with van der Waals surface area (Å²) in [5, 5.41) is 8.34. The molecule has 0 radical (unpaired) electrons. The largest absolute Gasteiger partial charge is 0.480 e. The van der Waals surface area contributed by atoms with Crippen molar-refractivity contribution in [3.05, 3.63) is 70.3 Å². The first-order valence-electron chi connectivity index (χ1n) is 8.54. The van der Waals surface area contributed by atoms with Crippen molar-refractivity contribution in [1.29, 1.82) is 0 Å². The molecule has 0 saturated heterocycles. The molecular weight excluding hydrogens is 356 g/mol. The van der Waals surface area contributed by atoms with E-state index in [0.29, 0.717) is 0 Å². The van der Waals surface area contributed by atoms with Gasteiger partial charge in [0.2, 0.25) is 0 Å². The summed E-state index contributed by atoms with van der Waals surface area (Å²) in [6.45, 7) is 4.09.